The summed E-state index contributed by atoms with van der Waals surface area (Å²) in [5.74, 6) is 0. The third-order valence-corrected chi connectivity index (χ3v) is 3.74. The van der Waals surface area contributed by atoms with Crippen molar-refractivity contribution in [2.75, 3.05) is 4.66 Å². The fraction of sp³-hybridized carbons (Fsp3) is 0.667. The summed E-state index contributed by atoms with van der Waals surface area (Å²) in [4.78, 5) is 0. The molecule has 0 aromatic rings. The molecule has 2 nitrogen and oxygen atoms in total. The molecule has 0 rings (SSSR count). The van der Waals surface area contributed by atoms with Crippen molar-refractivity contribution in [1.29, 1.82) is 0 Å². The van der Waals surface area contributed by atoms with E-state index in [1.165, 1.54) is 5.41 Å². The number of halogens is 1. The van der Waals surface area contributed by atoms with E-state index in [2.05, 4.69) is 15.9 Å². The lowest BCUT2D eigenvalue weighted by atomic mass is 10.3. The zero-order valence-corrected chi connectivity index (χ0v) is 8.28. The van der Waals surface area contributed by atoms with Crippen molar-refractivity contribution in [3.05, 3.63) is 11.5 Å². The lowest BCUT2D eigenvalue weighted by molar-refractivity contribution is 0.609. The van der Waals surface area contributed by atoms with Crippen LogP contribution in [0, 0.1) is 0 Å². The molecule has 0 N–H and O–H groups in total. The highest BCUT2D eigenvalue weighted by molar-refractivity contribution is 9.10. The maximum absolute atomic E-state index is 10.7. The van der Waals surface area contributed by atoms with Crippen LogP contribution in [-0.4, -0.2) is 13.1 Å². The van der Waals surface area contributed by atoms with Crippen molar-refractivity contribution < 1.29 is 8.42 Å². The third kappa shape index (κ3) is 4.99. The van der Waals surface area contributed by atoms with E-state index in [-0.39, 0.29) is 4.66 Å². The quantitative estimate of drug-likeness (QED) is 0.689. The normalized spacial score (nSPS) is 12.6. The van der Waals surface area contributed by atoms with Gasteiger partial charge in [0, 0.05) is 5.41 Å². The second-order valence-electron chi connectivity index (χ2n) is 1.93. The van der Waals surface area contributed by atoms with Crippen LogP contribution < -0.4 is 0 Å². The highest BCUT2D eigenvalue weighted by Crippen LogP contribution is 1.99. The number of allylic oxidation sites excluding steroid dienone is 1. The number of rotatable bonds is 4. The highest BCUT2D eigenvalue weighted by Gasteiger charge is 1.99. The second kappa shape index (κ2) is 4.91. The summed E-state index contributed by atoms with van der Waals surface area (Å²) in [6.45, 7) is 2.01. The molecule has 0 atom stereocenters. The lowest BCUT2D eigenvalue weighted by Crippen LogP contribution is -1.93. The number of alkyl halides is 1. The largest absolute Gasteiger partial charge is 0.223 e. The van der Waals surface area contributed by atoms with Crippen molar-refractivity contribution >= 4 is 25.8 Å². The first kappa shape index (κ1) is 10.2. The van der Waals surface area contributed by atoms with Crippen LogP contribution in [0.2, 0.25) is 0 Å². The van der Waals surface area contributed by atoms with Gasteiger partial charge in [-0.1, -0.05) is 35.4 Å². The van der Waals surface area contributed by atoms with Crippen LogP contribution in [-0.2, 0) is 9.84 Å². The first-order valence-electron chi connectivity index (χ1n) is 3.07. The summed E-state index contributed by atoms with van der Waals surface area (Å²) in [5.41, 5.74) is 0. The van der Waals surface area contributed by atoms with Gasteiger partial charge in [-0.15, -0.1) is 0 Å². The van der Waals surface area contributed by atoms with Gasteiger partial charge in [0.1, 0.15) is 4.66 Å². The summed E-state index contributed by atoms with van der Waals surface area (Å²) in [6.07, 6.45) is 3.48. The topological polar surface area (TPSA) is 34.1 Å². The summed E-state index contributed by atoms with van der Waals surface area (Å²) < 4.78 is 21.5. The average molecular weight is 227 g/mol. The fourth-order valence-corrected chi connectivity index (χ4v) is 1.38. The zero-order chi connectivity index (χ0) is 8.04. The Hall–Kier alpha value is 0.170. The van der Waals surface area contributed by atoms with Gasteiger partial charge in [-0.3, -0.25) is 0 Å². The van der Waals surface area contributed by atoms with Crippen LogP contribution in [0.4, 0.5) is 0 Å². The first-order valence-corrected chi connectivity index (χ1v) is 5.91. The van der Waals surface area contributed by atoms with Crippen molar-refractivity contribution in [2.24, 2.45) is 0 Å². The van der Waals surface area contributed by atoms with Gasteiger partial charge in [-0.2, -0.15) is 0 Å². The third-order valence-electron chi connectivity index (χ3n) is 0.911. The Balaban J connectivity index is 3.89. The first-order chi connectivity index (χ1) is 4.62. The van der Waals surface area contributed by atoms with Crippen molar-refractivity contribution in [3.8, 4) is 0 Å². The van der Waals surface area contributed by atoms with Gasteiger partial charge in [0.2, 0.25) is 0 Å². The van der Waals surface area contributed by atoms with Crippen molar-refractivity contribution in [2.45, 2.75) is 19.8 Å². The van der Waals surface area contributed by atoms with Gasteiger partial charge in [-0.05, 0) is 6.42 Å². The van der Waals surface area contributed by atoms with E-state index in [9.17, 15) is 8.42 Å². The molecule has 0 saturated carbocycles. The molecule has 0 unspecified atom stereocenters. The van der Waals surface area contributed by atoms with Crippen LogP contribution in [0.5, 0.6) is 0 Å². The molecule has 10 heavy (non-hydrogen) atoms. The van der Waals surface area contributed by atoms with Crippen LogP contribution >= 0.6 is 15.9 Å². The summed E-state index contributed by atoms with van der Waals surface area (Å²) >= 11 is 2.88. The van der Waals surface area contributed by atoms with Crippen LogP contribution in [0.1, 0.15) is 19.8 Å². The molecule has 4 heteroatoms. The van der Waals surface area contributed by atoms with Gasteiger partial charge in [0.15, 0.2) is 9.84 Å². The van der Waals surface area contributed by atoms with Gasteiger partial charge >= 0.3 is 0 Å². The maximum Gasteiger partial charge on any atom is 0.181 e. The Bertz CT molecular complexity index is 194. The standard InChI is InChI=1S/C6H11BrO2S/c1-2-3-4-5-10(8,9)6-7/h4-5H,2-3,6H2,1H3/b5-4+. The smallest absolute Gasteiger partial charge is 0.181 e. The Morgan fingerprint density at radius 1 is 1.50 bits per heavy atom. The Morgan fingerprint density at radius 3 is 2.50 bits per heavy atom. The molecule has 60 valence electrons. The van der Waals surface area contributed by atoms with Gasteiger partial charge in [0.05, 0.1) is 0 Å². The van der Waals surface area contributed by atoms with E-state index in [4.69, 9.17) is 0 Å². The molecule has 0 aliphatic rings. The second-order valence-corrected chi connectivity index (χ2v) is 5.12. The molecule has 0 bridgehead atoms. The highest BCUT2D eigenvalue weighted by atomic mass is 79.9. The van der Waals surface area contributed by atoms with Gasteiger partial charge < -0.3 is 0 Å². The van der Waals surface area contributed by atoms with Crippen LogP contribution in [0.3, 0.4) is 0 Å². The minimum absolute atomic E-state index is 0.0141. The number of hydrogen-bond acceptors (Lipinski definition) is 2. The van der Waals surface area contributed by atoms with Gasteiger partial charge in [-0.25, -0.2) is 8.42 Å². The van der Waals surface area contributed by atoms with Crippen molar-refractivity contribution in [3.63, 3.8) is 0 Å². The monoisotopic (exact) mass is 226 g/mol. The minimum Gasteiger partial charge on any atom is -0.223 e. The molecule has 0 aliphatic carbocycles. The van der Waals surface area contributed by atoms with E-state index in [0.717, 1.165) is 12.8 Å². The lowest BCUT2D eigenvalue weighted by Gasteiger charge is -1.88. The summed E-state index contributed by atoms with van der Waals surface area (Å²) in [6, 6.07) is 0. The molecule has 0 spiro atoms. The molecule has 0 aromatic heterocycles. The minimum atomic E-state index is -2.96. The molecule has 0 amide bonds. The van der Waals surface area contributed by atoms with E-state index in [1.54, 1.807) is 6.08 Å². The Morgan fingerprint density at radius 2 is 2.10 bits per heavy atom. The number of unbranched alkanes of at least 4 members (excludes halogenated alkanes) is 1. The predicted octanol–water partition coefficient (Wildman–Crippen LogP) is 2.07. The van der Waals surface area contributed by atoms with Crippen LogP contribution in [0.25, 0.3) is 0 Å². The van der Waals surface area contributed by atoms with E-state index in [0.29, 0.717) is 0 Å². The van der Waals surface area contributed by atoms with Gasteiger partial charge in [0.25, 0.3) is 0 Å². The summed E-state index contributed by atoms with van der Waals surface area (Å²) in [5, 5.41) is 1.26. The predicted molar refractivity (Wildman–Crippen MR) is 46.8 cm³/mol. The van der Waals surface area contributed by atoms with Crippen LogP contribution in [0.15, 0.2) is 11.5 Å². The molecule has 0 radical (unpaired) electrons. The molecule has 0 fully saturated rings. The molecule has 0 aromatic carbocycles. The molecule has 0 aliphatic heterocycles. The molecular weight excluding hydrogens is 216 g/mol. The van der Waals surface area contributed by atoms with E-state index >= 15 is 0 Å². The average Bonchev–Trinajstić information content (AvgIpc) is 1.89. The Kier molecular flexibility index (Phi) is 4.99. The molecule has 0 heterocycles. The fourth-order valence-electron chi connectivity index (χ4n) is 0.418. The SMILES string of the molecule is CCC/C=C/S(=O)(=O)CBr. The molecular formula is C6H11BrO2S. The summed E-state index contributed by atoms with van der Waals surface area (Å²) in [7, 11) is -2.96. The maximum atomic E-state index is 10.7. The number of hydrogen-bond donors (Lipinski definition) is 0. The van der Waals surface area contributed by atoms with Crippen molar-refractivity contribution in [1.82, 2.24) is 0 Å². The number of sulfone groups is 1. The molecule has 0 saturated heterocycles. The van der Waals surface area contributed by atoms with E-state index < -0.39 is 9.84 Å². The van der Waals surface area contributed by atoms with E-state index in [1.807, 2.05) is 6.92 Å². The Labute approximate surface area is 70.4 Å². The zero-order valence-electron chi connectivity index (χ0n) is 5.88.